The van der Waals surface area contributed by atoms with Gasteiger partial charge in [0.15, 0.2) is 0 Å². The van der Waals surface area contributed by atoms with E-state index in [1.165, 1.54) is 4.31 Å². The normalized spacial score (nSPS) is 22.1. The molecule has 0 bridgehead atoms. The molecule has 2 rings (SSSR count). The highest BCUT2D eigenvalue weighted by atomic mass is 35.5. The highest BCUT2D eigenvalue weighted by molar-refractivity contribution is 7.89. The van der Waals surface area contributed by atoms with Crippen molar-refractivity contribution in [2.75, 3.05) is 6.54 Å². The molecule has 1 fully saturated rings. The van der Waals surface area contributed by atoms with Crippen LogP contribution in [0.4, 0.5) is 0 Å². The molecule has 7 heteroatoms. The van der Waals surface area contributed by atoms with Crippen LogP contribution in [0.15, 0.2) is 29.2 Å². The van der Waals surface area contributed by atoms with E-state index < -0.39 is 10.0 Å². The third kappa shape index (κ3) is 3.46. The van der Waals surface area contributed by atoms with Crippen LogP contribution in [0.3, 0.4) is 0 Å². The lowest BCUT2D eigenvalue weighted by atomic mass is 10.00. The van der Waals surface area contributed by atoms with Gasteiger partial charge >= 0.3 is 0 Å². The zero-order valence-electron chi connectivity index (χ0n) is 11.3. The fourth-order valence-corrected chi connectivity index (χ4v) is 4.80. The smallest absolute Gasteiger partial charge is 0.244 e. The second-order valence-electron chi connectivity index (χ2n) is 4.97. The van der Waals surface area contributed by atoms with E-state index in [-0.39, 0.29) is 34.4 Å². The Bertz CT molecular complexity index is 549. The van der Waals surface area contributed by atoms with Crippen molar-refractivity contribution in [3.63, 3.8) is 0 Å². The Morgan fingerprint density at radius 3 is 2.60 bits per heavy atom. The number of benzene rings is 1. The Morgan fingerprint density at radius 1 is 1.35 bits per heavy atom. The first-order chi connectivity index (χ1) is 8.94. The van der Waals surface area contributed by atoms with Gasteiger partial charge in [-0.3, -0.25) is 0 Å². The van der Waals surface area contributed by atoms with Gasteiger partial charge in [-0.15, -0.1) is 12.4 Å². The maximum Gasteiger partial charge on any atom is 0.244 e. The van der Waals surface area contributed by atoms with Crippen molar-refractivity contribution in [3.05, 3.63) is 29.3 Å². The van der Waals surface area contributed by atoms with Crippen LogP contribution >= 0.6 is 24.0 Å². The van der Waals surface area contributed by atoms with Gasteiger partial charge in [0, 0.05) is 18.6 Å². The van der Waals surface area contributed by atoms with Gasteiger partial charge < -0.3 is 5.73 Å². The molecule has 1 aromatic rings. The highest BCUT2D eigenvalue weighted by Gasteiger charge is 2.36. The van der Waals surface area contributed by atoms with E-state index in [4.69, 9.17) is 17.3 Å². The van der Waals surface area contributed by atoms with Crippen LogP contribution in [0.2, 0.25) is 5.02 Å². The van der Waals surface area contributed by atoms with E-state index in [0.717, 1.165) is 19.3 Å². The van der Waals surface area contributed by atoms with Crippen molar-refractivity contribution in [1.29, 1.82) is 0 Å². The van der Waals surface area contributed by atoms with Crippen LogP contribution in [0, 0.1) is 0 Å². The van der Waals surface area contributed by atoms with Crippen molar-refractivity contribution in [2.45, 2.75) is 43.2 Å². The van der Waals surface area contributed by atoms with Crippen molar-refractivity contribution >= 4 is 34.0 Å². The molecule has 0 saturated carbocycles. The van der Waals surface area contributed by atoms with E-state index >= 15 is 0 Å². The lowest BCUT2D eigenvalue weighted by molar-refractivity contribution is 0.227. The van der Waals surface area contributed by atoms with Crippen LogP contribution in [-0.4, -0.2) is 31.4 Å². The Morgan fingerprint density at radius 2 is 2.00 bits per heavy atom. The molecule has 1 aromatic carbocycles. The van der Waals surface area contributed by atoms with E-state index in [0.29, 0.717) is 6.54 Å². The van der Waals surface area contributed by atoms with Gasteiger partial charge in [0.1, 0.15) is 4.90 Å². The summed E-state index contributed by atoms with van der Waals surface area (Å²) in [5.74, 6) is 0. The first-order valence-corrected chi connectivity index (χ1v) is 8.28. The molecule has 0 aromatic heterocycles. The second kappa shape index (κ2) is 7.09. The maximum atomic E-state index is 12.7. The quantitative estimate of drug-likeness (QED) is 0.921. The summed E-state index contributed by atoms with van der Waals surface area (Å²) >= 11 is 6.02. The van der Waals surface area contributed by atoms with E-state index in [9.17, 15) is 8.42 Å². The first kappa shape index (κ1) is 17.7. The minimum atomic E-state index is -3.57. The van der Waals surface area contributed by atoms with Crippen molar-refractivity contribution in [1.82, 2.24) is 4.31 Å². The number of hydrogen-bond acceptors (Lipinski definition) is 3. The summed E-state index contributed by atoms with van der Waals surface area (Å²) in [4.78, 5) is 0.171. The average molecular weight is 339 g/mol. The zero-order chi connectivity index (χ0) is 14.0. The summed E-state index contributed by atoms with van der Waals surface area (Å²) in [7, 11) is -3.57. The molecule has 4 nitrogen and oxygen atoms in total. The van der Waals surface area contributed by atoms with E-state index in [1.54, 1.807) is 24.3 Å². The molecule has 0 amide bonds. The van der Waals surface area contributed by atoms with Crippen LogP contribution in [0.5, 0.6) is 0 Å². The van der Waals surface area contributed by atoms with Crippen LogP contribution in [0.25, 0.3) is 0 Å². The number of sulfonamides is 1. The number of nitrogens with two attached hydrogens (primary N) is 1. The molecule has 114 valence electrons. The summed E-state index contributed by atoms with van der Waals surface area (Å²) in [5.41, 5.74) is 5.93. The Labute approximate surface area is 131 Å². The number of hydrogen-bond donors (Lipinski definition) is 1. The minimum absolute atomic E-state index is 0. The summed E-state index contributed by atoms with van der Waals surface area (Å²) in [6.07, 6.45) is 2.69. The lowest BCUT2D eigenvalue weighted by Crippen LogP contribution is -2.51. The van der Waals surface area contributed by atoms with Gasteiger partial charge in [-0.05, 0) is 31.9 Å². The number of nitrogens with zero attached hydrogens (tertiary/aromatic N) is 1. The molecular weight excluding hydrogens is 319 g/mol. The molecule has 1 aliphatic heterocycles. The van der Waals surface area contributed by atoms with E-state index in [1.807, 2.05) is 6.92 Å². The van der Waals surface area contributed by atoms with Gasteiger partial charge in [-0.2, -0.15) is 4.31 Å². The molecule has 1 heterocycles. The number of rotatable bonds is 3. The minimum Gasteiger partial charge on any atom is -0.326 e. The van der Waals surface area contributed by atoms with Crippen molar-refractivity contribution < 1.29 is 8.42 Å². The van der Waals surface area contributed by atoms with Crippen LogP contribution in [0.1, 0.15) is 26.2 Å². The largest absolute Gasteiger partial charge is 0.326 e. The number of halogens is 2. The van der Waals surface area contributed by atoms with Gasteiger partial charge in [0.05, 0.1) is 5.02 Å². The maximum absolute atomic E-state index is 12.7. The molecule has 2 atom stereocenters. The second-order valence-corrected chi connectivity index (χ2v) is 7.23. The molecular formula is C13H20Cl2N2O2S. The molecule has 0 aliphatic carbocycles. The molecule has 0 radical (unpaired) electrons. The molecule has 1 saturated heterocycles. The van der Waals surface area contributed by atoms with Gasteiger partial charge in [0.25, 0.3) is 0 Å². The first-order valence-electron chi connectivity index (χ1n) is 6.46. The molecule has 2 N–H and O–H groups in total. The molecule has 1 aliphatic rings. The fourth-order valence-electron chi connectivity index (χ4n) is 2.53. The standard InChI is InChI=1S/C13H19ClN2O2S.ClH/c1-10(15)12-7-4-5-9-16(12)19(17,18)13-8-3-2-6-11(13)14;/h2-3,6,8,10,12H,4-5,7,9,15H2,1H3;1H. The molecule has 20 heavy (non-hydrogen) atoms. The third-order valence-electron chi connectivity index (χ3n) is 3.53. The van der Waals surface area contributed by atoms with Crippen LogP contribution < -0.4 is 5.73 Å². The Kier molecular flexibility index (Phi) is 6.28. The molecule has 0 spiro atoms. The molecule has 2 unspecified atom stereocenters. The fraction of sp³-hybridized carbons (Fsp3) is 0.538. The monoisotopic (exact) mass is 338 g/mol. The summed E-state index contributed by atoms with van der Waals surface area (Å²) in [5, 5.41) is 0.261. The Balaban J connectivity index is 0.00000200. The van der Waals surface area contributed by atoms with Crippen molar-refractivity contribution in [3.8, 4) is 0 Å². The zero-order valence-corrected chi connectivity index (χ0v) is 13.7. The predicted molar refractivity (Wildman–Crippen MR) is 83.9 cm³/mol. The van der Waals surface area contributed by atoms with Gasteiger partial charge in [-0.1, -0.05) is 30.2 Å². The highest BCUT2D eigenvalue weighted by Crippen LogP contribution is 2.30. The Hall–Kier alpha value is -0.330. The summed E-state index contributed by atoms with van der Waals surface area (Å²) in [6.45, 7) is 2.37. The third-order valence-corrected chi connectivity index (χ3v) is 5.95. The summed E-state index contributed by atoms with van der Waals surface area (Å²) in [6, 6.07) is 6.22. The topological polar surface area (TPSA) is 63.4 Å². The predicted octanol–water partition coefficient (Wildman–Crippen LogP) is 2.65. The number of piperidine rings is 1. The van der Waals surface area contributed by atoms with Crippen molar-refractivity contribution in [2.24, 2.45) is 5.73 Å². The van der Waals surface area contributed by atoms with Gasteiger partial charge in [-0.25, -0.2) is 8.42 Å². The summed E-state index contributed by atoms with van der Waals surface area (Å²) < 4.78 is 26.9. The van der Waals surface area contributed by atoms with E-state index in [2.05, 4.69) is 0 Å². The SMILES string of the molecule is CC(N)C1CCCCN1S(=O)(=O)c1ccccc1Cl.Cl. The van der Waals surface area contributed by atoms with Gasteiger partial charge in [0.2, 0.25) is 10.0 Å². The average Bonchev–Trinajstić information content (AvgIpc) is 2.39. The van der Waals surface area contributed by atoms with Crippen LogP contribution in [-0.2, 0) is 10.0 Å². The lowest BCUT2D eigenvalue weighted by Gasteiger charge is -2.37.